The van der Waals surface area contributed by atoms with Gasteiger partial charge < -0.3 is 10.1 Å². The van der Waals surface area contributed by atoms with E-state index in [2.05, 4.69) is 10.3 Å². The van der Waals surface area contributed by atoms with E-state index in [0.717, 1.165) is 22.4 Å². The molecular formula is C22H21ClN2O2. The van der Waals surface area contributed by atoms with Gasteiger partial charge in [0.25, 0.3) is 0 Å². The number of hydrogen-bond donors (Lipinski definition) is 1. The number of aromatic nitrogens is 1. The van der Waals surface area contributed by atoms with Crippen molar-refractivity contribution < 1.29 is 9.53 Å². The van der Waals surface area contributed by atoms with E-state index >= 15 is 0 Å². The van der Waals surface area contributed by atoms with Crippen LogP contribution in [0.3, 0.4) is 0 Å². The van der Waals surface area contributed by atoms with E-state index in [9.17, 15) is 4.79 Å². The van der Waals surface area contributed by atoms with Crippen molar-refractivity contribution >= 4 is 17.5 Å². The number of carbonyl (C=O) groups is 1. The van der Waals surface area contributed by atoms with E-state index in [4.69, 9.17) is 16.3 Å². The zero-order chi connectivity index (χ0) is 18.9. The van der Waals surface area contributed by atoms with Crippen molar-refractivity contribution in [1.82, 2.24) is 10.3 Å². The minimum absolute atomic E-state index is 0.00632. The first-order chi connectivity index (χ1) is 13.2. The lowest BCUT2D eigenvalue weighted by atomic mass is 10.1. The molecule has 1 aromatic heterocycles. The molecule has 0 saturated heterocycles. The van der Waals surface area contributed by atoms with Crippen LogP contribution in [0.5, 0.6) is 5.75 Å². The second kappa shape index (κ2) is 9.74. The standard InChI is InChI=1S/C22H21ClN2O2/c23-21-6-2-1-5-19(21)9-12-22(26)25-15-17-7-10-20(11-8-17)27-16-18-4-3-13-24-14-18/h1-8,10-11,13-14H,9,12,15-16H2,(H,25,26). The number of rotatable bonds is 8. The molecule has 5 heteroatoms. The summed E-state index contributed by atoms with van der Waals surface area (Å²) in [5.74, 6) is 0.791. The number of carbonyl (C=O) groups excluding carboxylic acids is 1. The van der Waals surface area contributed by atoms with Gasteiger partial charge in [-0.3, -0.25) is 9.78 Å². The molecule has 0 radical (unpaired) electrons. The monoisotopic (exact) mass is 380 g/mol. The molecule has 0 spiro atoms. The summed E-state index contributed by atoms with van der Waals surface area (Å²) in [6.07, 6.45) is 4.57. The third-order valence-corrected chi connectivity index (χ3v) is 4.49. The van der Waals surface area contributed by atoms with Crippen molar-refractivity contribution in [2.24, 2.45) is 0 Å². The molecule has 0 atom stereocenters. The van der Waals surface area contributed by atoms with Gasteiger partial charge in [0.05, 0.1) is 0 Å². The van der Waals surface area contributed by atoms with Crippen LogP contribution in [-0.4, -0.2) is 10.9 Å². The maximum atomic E-state index is 12.0. The zero-order valence-electron chi connectivity index (χ0n) is 14.9. The van der Waals surface area contributed by atoms with Gasteiger partial charge in [0.1, 0.15) is 12.4 Å². The van der Waals surface area contributed by atoms with Gasteiger partial charge in [-0.05, 0) is 41.8 Å². The molecule has 3 aromatic rings. The van der Waals surface area contributed by atoms with Crippen molar-refractivity contribution in [3.8, 4) is 5.75 Å². The lowest BCUT2D eigenvalue weighted by molar-refractivity contribution is -0.121. The lowest BCUT2D eigenvalue weighted by Crippen LogP contribution is -2.23. The van der Waals surface area contributed by atoms with E-state index in [1.165, 1.54) is 0 Å². The molecule has 0 bridgehead atoms. The Morgan fingerprint density at radius 3 is 2.56 bits per heavy atom. The van der Waals surface area contributed by atoms with E-state index in [1.54, 1.807) is 12.4 Å². The number of amides is 1. The quantitative estimate of drug-likeness (QED) is 0.623. The molecule has 1 heterocycles. The fourth-order valence-electron chi connectivity index (χ4n) is 2.59. The van der Waals surface area contributed by atoms with Gasteiger partial charge in [-0.1, -0.05) is 48.0 Å². The fraction of sp³-hybridized carbons (Fsp3) is 0.182. The van der Waals surface area contributed by atoms with Crippen LogP contribution in [0.25, 0.3) is 0 Å². The molecule has 0 aliphatic rings. The van der Waals surface area contributed by atoms with E-state index in [1.807, 2.05) is 60.7 Å². The Labute approximate surface area is 164 Å². The molecule has 4 nitrogen and oxygen atoms in total. The molecule has 0 aliphatic heterocycles. The van der Waals surface area contributed by atoms with Crippen LogP contribution >= 0.6 is 11.6 Å². The molecule has 1 N–H and O–H groups in total. The van der Waals surface area contributed by atoms with E-state index in [-0.39, 0.29) is 5.91 Å². The number of pyridine rings is 1. The highest BCUT2D eigenvalue weighted by Crippen LogP contribution is 2.17. The smallest absolute Gasteiger partial charge is 0.220 e. The van der Waals surface area contributed by atoms with Crippen molar-refractivity contribution in [1.29, 1.82) is 0 Å². The maximum Gasteiger partial charge on any atom is 0.220 e. The molecule has 2 aromatic carbocycles. The van der Waals surface area contributed by atoms with E-state index in [0.29, 0.717) is 31.0 Å². The first-order valence-electron chi connectivity index (χ1n) is 8.81. The predicted octanol–water partition coefficient (Wildman–Crippen LogP) is 4.56. The summed E-state index contributed by atoms with van der Waals surface area (Å²) in [6.45, 7) is 0.968. The number of hydrogen-bond acceptors (Lipinski definition) is 3. The largest absolute Gasteiger partial charge is 0.489 e. The highest BCUT2D eigenvalue weighted by atomic mass is 35.5. The summed E-state index contributed by atoms with van der Waals surface area (Å²) < 4.78 is 5.73. The Morgan fingerprint density at radius 1 is 1.00 bits per heavy atom. The summed E-state index contributed by atoms with van der Waals surface area (Å²) in [7, 11) is 0. The third kappa shape index (κ3) is 6.12. The highest BCUT2D eigenvalue weighted by molar-refractivity contribution is 6.31. The molecule has 1 amide bonds. The number of aryl methyl sites for hydroxylation is 1. The Morgan fingerprint density at radius 2 is 1.81 bits per heavy atom. The van der Waals surface area contributed by atoms with E-state index < -0.39 is 0 Å². The molecule has 138 valence electrons. The highest BCUT2D eigenvalue weighted by Gasteiger charge is 2.05. The summed E-state index contributed by atoms with van der Waals surface area (Å²) in [4.78, 5) is 16.1. The van der Waals surface area contributed by atoms with Gasteiger partial charge >= 0.3 is 0 Å². The fourth-order valence-corrected chi connectivity index (χ4v) is 2.82. The number of halogens is 1. The van der Waals surface area contributed by atoms with Crippen molar-refractivity contribution in [2.45, 2.75) is 26.0 Å². The third-order valence-electron chi connectivity index (χ3n) is 4.12. The van der Waals surface area contributed by atoms with Crippen LogP contribution in [0, 0.1) is 0 Å². The Kier molecular flexibility index (Phi) is 6.83. The molecular weight excluding hydrogens is 360 g/mol. The van der Waals surface area contributed by atoms with Gasteiger partial charge in [0, 0.05) is 35.9 Å². The zero-order valence-corrected chi connectivity index (χ0v) is 15.7. The SMILES string of the molecule is O=C(CCc1ccccc1Cl)NCc1ccc(OCc2cccnc2)cc1. The molecule has 27 heavy (non-hydrogen) atoms. The van der Waals surface area contributed by atoms with Crippen LogP contribution in [-0.2, 0) is 24.4 Å². The lowest BCUT2D eigenvalue weighted by Gasteiger charge is -2.09. The Bertz CT molecular complexity index is 867. The topological polar surface area (TPSA) is 51.2 Å². The number of nitrogens with zero attached hydrogens (tertiary/aromatic N) is 1. The molecule has 0 unspecified atom stereocenters. The number of nitrogens with one attached hydrogen (secondary N) is 1. The summed E-state index contributed by atoms with van der Waals surface area (Å²) in [6, 6.07) is 19.2. The van der Waals surface area contributed by atoms with Gasteiger partial charge in [-0.15, -0.1) is 0 Å². The van der Waals surface area contributed by atoms with Crippen LogP contribution in [0.4, 0.5) is 0 Å². The summed E-state index contributed by atoms with van der Waals surface area (Å²) in [5, 5.41) is 3.64. The second-order valence-corrected chi connectivity index (χ2v) is 6.57. The van der Waals surface area contributed by atoms with Crippen molar-refractivity contribution in [2.75, 3.05) is 0 Å². The Balaban J connectivity index is 1.41. The molecule has 0 saturated carbocycles. The summed E-state index contributed by atoms with van der Waals surface area (Å²) in [5.41, 5.74) is 3.03. The predicted molar refractivity (Wildman–Crippen MR) is 107 cm³/mol. The van der Waals surface area contributed by atoms with Crippen LogP contribution < -0.4 is 10.1 Å². The number of ether oxygens (including phenoxy) is 1. The first kappa shape index (κ1) is 18.9. The van der Waals surface area contributed by atoms with Crippen LogP contribution in [0.1, 0.15) is 23.1 Å². The van der Waals surface area contributed by atoms with Gasteiger partial charge in [0.2, 0.25) is 5.91 Å². The molecule has 3 rings (SSSR count). The average molecular weight is 381 g/mol. The molecule has 0 aliphatic carbocycles. The maximum absolute atomic E-state index is 12.0. The minimum atomic E-state index is 0.00632. The molecule has 0 fully saturated rings. The van der Waals surface area contributed by atoms with Gasteiger partial charge in [-0.25, -0.2) is 0 Å². The van der Waals surface area contributed by atoms with Crippen LogP contribution in [0.15, 0.2) is 73.1 Å². The minimum Gasteiger partial charge on any atom is -0.489 e. The normalized spacial score (nSPS) is 10.4. The summed E-state index contributed by atoms with van der Waals surface area (Å²) >= 11 is 6.11. The average Bonchev–Trinajstić information content (AvgIpc) is 2.71. The number of benzene rings is 2. The Hall–Kier alpha value is -2.85. The van der Waals surface area contributed by atoms with Gasteiger partial charge in [0.15, 0.2) is 0 Å². The van der Waals surface area contributed by atoms with Crippen LogP contribution in [0.2, 0.25) is 5.02 Å². The van der Waals surface area contributed by atoms with Gasteiger partial charge in [-0.2, -0.15) is 0 Å². The second-order valence-electron chi connectivity index (χ2n) is 6.16. The van der Waals surface area contributed by atoms with Crippen molar-refractivity contribution in [3.63, 3.8) is 0 Å². The van der Waals surface area contributed by atoms with Crippen molar-refractivity contribution in [3.05, 3.63) is 94.8 Å². The first-order valence-corrected chi connectivity index (χ1v) is 9.19.